The number of nitrogens with one attached hydrogen (secondary N) is 3. The van der Waals surface area contributed by atoms with E-state index < -0.39 is 58.7 Å². The Morgan fingerprint density at radius 2 is 1.69 bits per heavy atom. The van der Waals surface area contributed by atoms with Crippen molar-refractivity contribution in [3.05, 3.63) is 11.8 Å². The van der Waals surface area contributed by atoms with Crippen molar-refractivity contribution in [2.24, 2.45) is 17.3 Å². The summed E-state index contributed by atoms with van der Waals surface area (Å²) in [6, 6.07) is -2.24. The molecule has 7 atom stereocenters. The van der Waals surface area contributed by atoms with E-state index in [0.29, 0.717) is 32.4 Å². The van der Waals surface area contributed by atoms with Crippen molar-refractivity contribution in [2.75, 3.05) is 13.1 Å². The minimum Gasteiger partial charge on any atom is -0.470 e. The van der Waals surface area contributed by atoms with Crippen molar-refractivity contribution in [3.8, 4) is 5.88 Å². The lowest BCUT2D eigenvalue weighted by molar-refractivity contribution is -0.911. The summed E-state index contributed by atoms with van der Waals surface area (Å²) in [5.74, 6) is -2.86. The van der Waals surface area contributed by atoms with Crippen LogP contribution in [-0.4, -0.2) is 105 Å². The molecule has 6 rings (SSSR count). The molecule has 0 radical (unpaired) electrons. The number of hydrogen-bond acceptors (Lipinski definition) is 9. The quantitative estimate of drug-likeness (QED) is 0.157. The number of quaternary nitrogens is 1. The van der Waals surface area contributed by atoms with E-state index >= 15 is 0 Å². The molecule has 286 valence electrons. The van der Waals surface area contributed by atoms with E-state index in [1.807, 2.05) is 48.5 Å². The molecule has 52 heavy (non-hydrogen) atoms. The highest BCUT2D eigenvalue weighted by Gasteiger charge is 2.78. The standard InChI is InChI=1S/C38H56N6O8/c1-8-12-24(30(45)34(48)39-23-15-16-23)44-18-17-22-20-43(28(29(22)44)36(44)50)35(49)31(37(2,3)4)41-33(47)27(21-13-10-9-11-14-21)40-32(46)25-19-26(42-52-25)51-38(5,6)7/h19,21-24,27-29,31H,8-18,20H2,1-7H3,(H2-,39,40,41,46,47,48)/p+1/t22-,24-,27-,28-,29?,31+,44?/m0/s1. The summed E-state index contributed by atoms with van der Waals surface area (Å²) < 4.78 is 10.9. The maximum atomic E-state index is 14.6. The number of carbonyl (C=O) groups is 6. The van der Waals surface area contributed by atoms with Crippen molar-refractivity contribution < 1.29 is 42.5 Å². The normalized spacial score (nSPS) is 27.6. The van der Waals surface area contributed by atoms with Gasteiger partial charge in [0, 0.05) is 31.3 Å². The summed E-state index contributed by atoms with van der Waals surface area (Å²) in [6.45, 7) is 13.9. The van der Waals surface area contributed by atoms with E-state index in [4.69, 9.17) is 9.26 Å². The minimum atomic E-state index is -0.994. The van der Waals surface area contributed by atoms with Crippen LogP contribution in [0.3, 0.4) is 0 Å². The van der Waals surface area contributed by atoms with Gasteiger partial charge in [0.05, 0.1) is 12.6 Å². The second-order valence-corrected chi connectivity index (χ2v) is 17.8. The van der Waals surface area contributed by atoms with E-state index in [1.165, 1.54) is 6.07 Å². The number of rotatable bonds is 13. The third-order valence-electron chi connectivity index (χ3n) is 11.7. The zero-order chi connectivity index (χ0) is 37.7. The van der Waals surface area contributed by atoms with Crippen LogP contribution in [0.15, 0.2) is 10.6 Å². The number of Topliss-reactive ketones (excluding diaryl/α,β-unsaturated/α-hetero) is 1. The van der Waals surface area contributed by atoms with Crippen molar-refractivity contribution in [1.29, 1.82) is 0 Å². The molecule has 4 heterocycles. The van der Waals surface area contributed by atoms with Gasteiger partial charge in [-0.3, -0.25) is 24.0 Å². The van der Waals surface area contributed by atoms with Crippen molar-refractivity contribution >= 4 is 35.3 Å². The Balaban J connectivity index is 1.20. The minimum absolute atomic E-state index is 0.00459. The third-order valence-corrected chi connectivity index (χ3v) is 11.7. The number of nitrogens with zero attached hydrogens (tertiary/aromatic N) is 3. The summed E-state index contributed by atoms with van der Waals surface area (Å²) in [5, 5.41) is 12.6. The molecule has 0 bridgehead atoms. The second-order valence-electron chi connectivity index (χ2n) is 17.8. The number of likely N-dealkylation sites (tertiary alicyclic amines) is 1. The predicted octanol–water partition coefficient (Wildman–Crippen LogP) is 3.03. The van der Waals surface area contributed by atoms with Gasteiger partial charge in [-0.05, 0) is 62.9 Å². The van der Waals surface area contributed by atoms with Crippen LogP contribution in [0.4, 0.5) is 0 Å². The van der Waals surface area contributed by atoms with E-state index in [9.17, 15) is 28.8 Å². The summed E-state index contributed by atoms with van der Waals surface area (Å²) >= 11 is 0. The molecule has 0 spiro atoms. The lowest BCUT2D eigenvalue weighted by atomic mass is 9.81. The Morgan fingerprint density at radius 3 is 2.31 bits per heavy atom. The molecule has 3 saturated heterocycles. The molecule has 3 N–H and O–H groups in total. The molecule has 14 heteroatoms. The van der Waals surface area contributed by atoms with Crippen LogP contribution >= 0.6 is 0 Å². The van der Waals surface area contributed by atoms with E-state index in [0.717, 1.165) is 44.9 Å². The van der Waals surface area contributed by atoms with Crippen LogP contribution in [0.25, 0.3) is 0 Å². The molecule has 1 aromatic heterocycles. The molecule has 5 aliphatic rings. The van der Waals surface area contributed by atoms with E-state index in [-0.39, 0.29) is 51.9 Å². The number of aromatic nitrogens is 1. The Hall–Kier alpha value is -3.81. The molecule has 5 amide bonds. The summed E-state index contributed by atoms with van der Waals surface area (Å²) in [4.78, 5) is 84.7. The molecular weight excluding hydrogens is 668 g/mol. The molecule has 3 aliphatic heterocycles. The topological polar surface area (TPSA) is 177 Å². The van der Waals surface area contributed by atoms with Crippen LogP contribution in [0, 0.1) is 17.3 Å². The highest BCUT2D eigenvalue weighted by atomic mass is 16.6. The zero-order valence-electron chi connectivity index (χ0n) is 31.8. The molecule has 2 saturated carbocycles. The molecule has 5 fully saturated rings. The van der Waals surface area contributed by atoms with Gasteiger partial charge in [0.25, 0.3) is 23.5 Å². The molecule has 2 aliphatic carbocycles. The highest BCUT2D eigenvalue weighted by molar-refractivity contribution is 6.38. The van der Waals surface area contributed by atoms with Crippen LogP contribution in [0.5, 0.6) is 5.88 Å². The number of ketones is 1. The Bertz CT molecular complexity index is 1580. The first kappa shape index (κ1) is 37.9. The maximum Gasteiger partial charge on any atom is 0.343 e. The van der Waals surface area contributed by atoms with Crippen molar-refractivity contribution in [1.82, 2.24) is 26.0 Å². The van der Waals surface area contributed by atoms with Gasteiger partial charge in [0.1, 0.15) is 23.7 Å². The first-order chi connectivity index (χ1) is 24.5. The fraction of sp³-hybridized carbons (Fsp3) is 0.763. The van der Waals surface area contributed by atoms with Gasteiger partial charge < -0.3 is 30.1 Å². The summed E-state index contributed by atoms with van der Waals surface area (Å²) in [7, 11) is 0. The monoisotopic (exact) mass is 725 g/mol. The third kappa shape index (κ3) is 7.23. The van der Waals surface area contributed by atoms with Gasteiger partial charge in [-0.2, -0.15) is 0 Å². The number of ether oxygens (including phenoxy) is 1. The van der Waals surface area contributed by atoms with Crippen LogP contribution in [0.1, 0.15) is 123 Å². The average molecular weight is 726 g/mol. The first-order valence-electron chi connectivity index (χ1n) is 19.3. The second kappa shape index (κ2) is 14.2. The van der Waals surface area contributed by atoms with E-state index in [2.05, 4.69) is 21.1 Å². The smallest absolute Gasteiger partial charge is 0.343 e. The highest BCUT2D eigenvalue weighted by Crippen LogP contribution is 2.53. The van der Waals surface area contributed by atoms with Gasteiger partial charge in [0.15, 0.2) is 6.04 Å². The van der Waals surface area contributed by atoms with Crippen LogP contribution in [0.2, 0.25) is 0 Å². The van der Waals surface area contributed by atoms with Crippen LogP contribution < -0.4 is 20.7 Å². The van der Waals surface area contributed by atoms with Gasteiger partial charge in [-0.15, -0.1) is 0 Å². The Labute approximate surface area is 306 Å². The Kier molecular flexibility index (Phi) is 10.4. The van der Waals surface area contributed by atoms with Gasteiger partial charge in [-0.1, -0.05) is 53.4 Å². The maximum absolute atomic E-state index is 14.6. The van der Waals surface area contributed by atoms with Crippen LogP contribution in [-0.2, 0) is 24.0 Å². The molecular formula is C38H57N6O8+. The molecule has 0 aromatic carbocycles. The first-order valence-corrected chi connectivity index (χ1v) is 19.3. The number of carbonyl (C=O) groups excluding carboxylic acids is 6. The largest absolute Gasteiger partial charge is 0.470 e. The van der Waals surface area contributed by atoms with Gasteiger partial charge >= 0.3 is 5.91 Å². The van der Waals surface area contributed by atoms with E-state index in [1.54, 1.807) is 4.90 Å². The lowest BCUT2D eigenvalue weighted by Gasteiger charge is -2.53. The van der Waals surface area contributed by atoms with Gasteiger partial charge in [0.2, 0.25) is 23.6 Å². The van der Waals surface area contributed by atoms with Crippen molar-refractivity contribution in [3.63, 3.8) is 0 Å². The average Bonchev–Trinajstić information content (AvgIpc) is 3.50. The van der Waals surface area contributed by atoms with Crippen molar-refractivity contribution in [2.45, 2.75) is 155 Å². The fourth-order valence-electron chi connectivity index (χ4n) is 9.11. The summed E-state index contributed by atoms with van der Waals surface area (Å²) in [6.07, 6.45) is 7.80. The number of hydrogen-bond donors (Lipinski definition) is 3. The molecule has 14 nitrogen and oxygen atoms in total. The Morgan fingerprint density at radius 1 is 1.00 bits per heavy atom. The number of amides is 5. The summed E-state index contributed by atoms with van der Waals surface area (Å²) in [5.41, 5.74) is -1.29. The SMILES string of the molecule is CCC[C@@H](C(=O)C(=O)NC1CC1)[N+]12CC[C@H]3CN(C(=O)[C@@H](NC(=O)[C@@H](NC(=O)c4cc(OC(C)(C)C)no4)C4CCCCC4)C(C)(C)C)[C@H](C1=O)C32. The predicted molar refractivity (Wildman–Crippen MR) is 188 cm³/mol. The van der Waals surface area contributed by atoms with Gasteiger partial charge in [-0.25, -0.2) is 9.28 Å². The lowest BCUT2D eigenvalue weighted by Crippen LogP contribution is -2.82. The molecule has 1 aromatic rings. The zero-order valence-corrected chi connectivity index (χ0v) is 31.8. The molecule has 2 unspecified atom stereocenters. The fourth-order valence-corrected chi connectivity index (χ4v) is 9.11. The number of β-lactam (4-membered cyclic amide) rings is 1.